The molecule has 2 amide bonds. The minimum absolute atomic E-state index is 0.0126. The first kappa shape index (κ1) is 22.6. The van der Waals surface area contributed by atoms with Gasteiger partial charge in [-0.1, -0.05) is 19.3 Å². The summed E-state index contributed by atoms with van der Waals surface area (Å²) in [7, 11) is 0. The molecule has 7 nitrogen and oxygen atoms in total. The number of aliphatic carboxylic acids is 1. The third-order valence-corrected chi connectivity index (χ3v) is 9.16. The van der Waals surface area contributed by atoms with E-state index in [-0.39, 0.29) is 15.9 Å². The molecular weight excluding hydrogens is 412 g/mol. The summed E-state index contributed by atoms with van der Waals surface area (Å²) in [5.74, 6) is 0.712. The number of likely N-dealkylation sites (tertiary alicyclic amines) is 1. The molecule has 9 heteroatoms. The van der Waals surface area contributed by atoms with Crippen LogP contribution in [0.2, 0.25) is 0 Å². The molecule has 2 unspecified atom stereocenters. The predicted octanol–water partition coefficient (Wildman–Crippen LogP) is 3.32. The van der Waals surface area contributed by atoms with E-state index in [1.807, 2.05) is 0 Å². The Balaban J connectivity index is 1.80. The molecule has 1 saturated carbocycles. The standard InChI is InChI=1S/C20H32N2O5S2/c1-19(2,3)27-18(26)21-15(13-7-5-4-6-8-13)16(23)22-12-20(28-9-10-29-20)11-14(22)17(24)25/h13-15H,4-12H2,1-3H3,(H,21,26)(H,24,25). The monoisotopic (exact) mass is 444 g/mol. The van der Waals surface area contributed by atoms with Crippen molar-refractivity contribution >= 4 is 41.5 Å². The van der Waals surface area contributed by atoms with Crippen molar-refractivity contribution in [3.8, 4) is 0 Å². The van der Waals surface area contributed by atoms with Crippen LogP contribution in [0, 0.1) is 5.92 Å². The summed E-state index contributed by atoms with van der Waals surface area (Å²) < 4.78 is 5.16. The van der Waals surface area contributed by atoms with Crippen LogP contribution in [0.5, 0.6) is 0 Å². The Hall–Kier alpha value is -1.09. The molecule has 0 aromatic rings. The van der Waals surface area contributed by atoms with Gasteiger partial charge >= 0.3 is 12.1 Å². The highest BCUT2D eigenvalue weighted by Gasteiger charge is 2.53. The minimum Gasteiger partial charge on any atom is -0.480 e. The molecule has 0 aromatic carbocycles. The SMILES string of the molecule is CC(C)(C)OC(=O)NC(C(=O)N1CC2(CC1C(=O)O)SCCS2)C1CCCCC1. The van der Waals surface area contributed by atoms with Crippen LogP contribution in [0.4, 0.5) is 4.79 Å². The summed E-state index contributed by atoms with van der Waals surface area (Å²) in [6.07, 6.45) is 4.70. The number of nitrogens with zero attached hydrogens (tertiary/aromatic N) is 1. The smallest absolute Gasteiger partial charge is 0.408 e. The van der Waals surface area contributed by atoms with Crippen LogP contribution < -0.4 is 5.32 Å². The Labute approximate surface area is 181 Å². The third kappa shape index (κ3) is 5.54. The molecular formula is C20H32N2O5S2. The summed E-state index contributed by atoms with van der Waals surface area (Å²) in [5.41, 5.74) is -0.664. The van der Waals surface area contributed by atoms with Gasteiger partial charge in [-0.3, -0.25) is 4.79 Å². The second-order valence-corrected chi connectivity index (χ2v) is 12.4. The number of alkyl carbamates (subject to hydrolysis) is 1. The molecule has 3 rings (SSSR count). The van der Waals surface area contributed by atoms with Gasteiger partial charge in [0.05, 0.1) is 4.08 Å². The maximum atomic E-state index is 13.6. The fourth-order valence-corrected chi connectivity index (χ4v) is 7.72. The van der Waals surface area contributed by atoms with Gasteiger partial charge in [-0.15, -0.1) is 23.5 Å². The van der Waals surface area contributed by atoms with E-state index in [2.05, 4.69) is 5.32 Å². The number of thioether (sulfide) groups is 2. The normalized spacial score (nSPS) is 25.8. The van der Waals surface area contributed by atoms with Crippen molar-refractivity contribution < 1.29 is 24.2 Å². The van der Waals surface area contributed by atoms with Gasteiger partial charge in [0.1, 0.15) is 17.7 Å². The first-order valence-corrected chi connectivity index (χ1v) is 12.4. The molecule has 2 atom stereocenters. The topological polar surface area (TPSA) is 95.9 Å². The van der Waals surface area contributed by atoms with Gasteiger partial charge in [-0.2, -0.15) is 0 Å². The molecule has 1 spiro atoms. The number of hydrogen-bond acceptors (Lipinski definition) is 6. The number of rotatable bonds is 4. The van der Waals surface area contributed by atoms with Gasteiger partial charge in [-0.25, -0.2) is 9.59 Å². The summed E-state index contributed by atoms with van der Waals surface area (Å²) in [4.78, 5) is 39.5. The Morgan fingerprint density at radius 3 is 2.31 bits per heavy atom. The van der Waals surface area contributed by atoms with Gasteiger partial charge in [-0.05, 0) is 39.5 Å². The molecule has 3 fully saturated rings. The second-order valence-electron chi connectivity index (χ2n) is 9.15. The highest BCUT2D eigenvalue weighted by molar-refractivity contribution is 8.21. The van der Waals surface area contributed by atoms with E-state index >= 15 is 0 Å². The first-order chi connectivity index (χ1) is 13.6. The van der Waals surface area contributed by atoms with Crippen LogP contribution in [0.1, 0.15) is 59.3 Å². The lowest BCUT2D eigenvalue weighted by molar-refractivity contribution is -0.149. The first-order valence-electron chi connectivity index (χ1n) is 10.4. The average molecular weight is 445 g/mol. The summed E-state index contributed by atoms with van der Waals surface area (Å²) in [5, 5.41) is 12.6. The van der Waals surface area contributed by atoms with Crippen LogP contribution in [0.15, 0.2) is 0 Å². The molecule has 2 saturated heterocycles. The highest BCUT2D eigenvalue weighted by Crippen LogP contribution is 2.52. The van der Waals surface area contributed by atoms with Gasteiger partial charge in [0.2, 0.25) is 5.91 Å². The zero-order valence-electron chi connectivity index (χ0n) is 17.4. The van der Waals surface area contributed by atoms with Crippen molar-refractivity contribution in [3.05, 3.63) is 0 Å². The molecule has 3 aliphatic rings. The molecule has 2 aliphatic heterocycles. The van der Waals surface area contributed by atoms with Crippen molar-refractivity contribution in [1.82, 2.24) is 10.2 Å². The van der Waals surface area contributed by atoms with Crippen LogP contribution in [-0.2, 0) is 14.3 Å². The lowest BCUT2D eigenvalue weighted by Crippen LogP contribution is -2.55. The summed E-state index contributed by atoms with van der Waals surface area (Å²) in [6.45, 7) is 5.76. The largest absolute Gasteiger partial charge is 0.480 e. The number of nitrogens with one attached hydrogen (secondary N) is 1. The van der Waals surface area contributed by atoms with E-state index in [4.69, 9.17) is 4.74 Å². The quantitative estimate of drug-likeness (QED) is 0.687. The number of ether oxygens (including phenoxy) is 1. The van der Waals surface area contributed by atoms with Crippen molar-refractivity contribution in [2.24, 2.45) is 5.92 Å². The molecule has 2 N–H and O–H groups in total. The minimum atomic E-state index is -0.969. The fourth-order valence-electron chi connectivity index (χ4n) is 4.46. The Morgan fingerprint density at radius 1 is 1.14 bits per heavy atom. The Bertz CT molecular complexity index is 639. The van der Waals surface area contributed by atoms with Gasteiger partial charge in [0.25, 0.3) is 0 Å². The Morgan fingerprint density at radius 2 is 1.76 bits per heavy atom. The fraction of sp³-hybridized carbons (Fsp3) is 0.850. The van der Waals surface area contributed by atoms with E-state index in [0.29, 0.717) is 13.0 Å². The maximum absolute atomic E-state index is 13.6. The molecule has 0 aromatic heterocycles. The number of carboxylic acids is 1. The summed E-state index contributed by atoms with van der Waals surface area (Å²) >= 11 is 3.51. The molecule has 0 radical (unpaired) electrons. The molecule has 29 heavy (non-hydrogen) atoms. The van der Waals surface area contributed by atoms with Crippen molar-refractivity contribution in [2.75, 3.05) is 18.1 Å². The van der Waals surface area contributed by atoms with Crippen molar-refractivity contribution in [2.45, 2.75) is 81.1 Å². The molecule has 2 heterocycles. The van der Waals surface area contributed by atoms with Gasteiger partial charge < -0.3 is 20.1 Å². The lowest BCUT2D eigenvalue weighted by atomic mass is 9.83. The Kier molecular flexibility index (Phi) is 6.98. The zero-order chi connectivity index (χ0) is 21.2. The van der Waals surface area contributed by atoms with Crippen LogP contribution in [-0.4, -0.2) is 67.8 Å². The van der Waals surface area contributed by atoms with Crippen molar-refractivity contribution in [3.63, 3.8) is 0 Å². The number of amides is 2. The third-order valence-electron chi connectivity index (χ3n) is 5.73. The van der Waals surface area contributed by atoms with Gasteiger partial charge in [0.15, 0.2) is 0 Å². The highest BCUT2D eigenvalue weighted by atomic mass is 32.2. The van der Waals surface area contributed by atoms with Crippen LogP contribution in [0.3, 0.4) is 0 Å². The van der Waals surface area contributed by atoms with E-state index in [1.54, 1.807) is 44.3 Å². The number of carbonyl (C=O) groups excluding carboxylic acids is 2. The number of carboxylic acid groups (broad SMARTS) is 1. The molecule has 0 bridgehead atoms. The average Bonchev–Trinajstić information content (AvgIpc) is 3.26. The zero-order valence-corrected chi connectivity index (χ0v) is 19.1. The second kappa shape index (κ2) is 8.96. The van der Waals surface area contributed by atoms with E-state index < -0.39 is 29.7 Å². The summed E-state index contributed by atoms with van der Waals surface area (Å²) in [6, 6.07) is -1.58. The van der Waals surface area contributed by atoms with Crippen LogP contribution >= 0.6 is 23.5 Å². The van der Waals surface area contributed by atoms with E-state index in [1.165, 1.54) is 4.90 Å². The number of hydrogen-bond donors (Lipinski definition) is 2. The van der Waals surface area contributed by atoms with Crippen LogP contribution in [0.25, 0.3) is 0 Å². The predicted molar refractivity (Wildman–Crippen MR) is 115 cm³/mol. The maximum Gasteiger partial charge on any atom is 0.408 e. The van der Waals surface area contributed by atoms with E-state index in [0.717, 1.165) is 43.6 Å². The molecule has 164 valence electrons. The van der Waals surface area contributed by atoms with E-state index in [9.17, 15) is 19.5 Å². The van der Waals surface area contributed by atoms with Crippen molar-refractivity contribution in [1.29, 1.82) is 0 Å². The lowest BCUT2D eigenvalue weighted by Gasteiger charge is -2.34. The number of carbonyl (C=O) groups is 3. The van der Waals surface area contributed by atoms with Gasteiger partial charge in [0, 0.05) is 24.5 Å². The molecule has 1 aliphatic carbocycles.